The third kappa shape index (κ3) is 6.17. The highest BCUT2D eigenvalue weighted by molar-refractivity contribution is 5.79. The van der Waals surface area contributed by atoms with Crippen molar-refractivity contribution >= 4 is 11.9 Å². The van der Waals surface area contributed by atoms with Crippen molar-refractivity contribution in [1.29, 1.82) is 0 Å². The number of carboxylic acid groups (broad SMARTS) is 1. The molecule has 2 fully saturated rings. The Labute approximate surface area is 175 Å². The molecule has 168 valence electrons. The fourth-order valence-corrected chi connectivity index (χ4v) is 4.28. The van der Waals surface area contributed by atoms with Crippen molar-refractivity contribution in [2.45, 2.75) is 64.7 Å². The number of aryl methyl sites for hydroxylation is 1. The predicted molar refractivity (Wildman–Crippen MR) is 106 cm³/mol. The second-order valence-corrected chi connectivity index (χ2v) is 8.36. The molecule has 0 bridgehead atoms. The number of pyridine rings is 1. The highest BCUT2D eigenvalue weighted by Gasteiger charge is 2.46. The fraction of sp³-hybridized carbons (Fsp3) is 0.667. The van der Waals surface area contributed by atoms with Crippen LogP contribution in [0.15, 0.2) is 18.2 Å². The van der Waals surface area contributed by atoms with Crippen molar-refractivity contribution in [2.24, 2.45) is 5.92 Å². The molecule has 0 saturated carbocycles. The zero-order valence-corrected chi connectivity index (χ0v) is 17.7. The fourth-order valence-electron chi connectivity index (χ4n) is 4.28. The molecule has 1 unspecified atom stereocenters. The van der Waals surface area contributed by atoms with Gasteiger partial charge in [0, 0.05) is 31.2 Å². The summed E-state index contributed by atoms with van der Waals surface area (Å²) in [6.45, 7) is 10.0. The quantitative estimate of drug-likeness (QED) is 0.794. The van der Waals surface area contributed by atoms with Crippen LogP contribution in [0.25, 0.3) is 0 Å². The summed E-state index contributed by atoms with van der Waals surface area (Å²) in [6, 6.07) is 6.24. The van der Waals surface area contributed by atoms with E-state index in [0.29, 0.717) is 5.91 Å². The first-order valence-corrected chi connectivity index (χ1v) is 10.2. The maximum Gasteiger partial charge on any atom is 0.490 e. The number of hydrogen-bond acceptors (Lipinski definition) is 4. The van der Waals surface area contributed by atoms with E-state index in [1.54, 1.807) is 0 Å². The van der Waals surface area contributed by atoms with E-state index in [0.717, 1.165) is 56.8 Å². The van der Waals surface area contributed by atoms with E-state index in [4.69, 9.17) is 9.90 Å². The topological polar surface area (TPSA) is 73.7 Å². The Hall–Kier alpha value is -2.16. The molecule has 0 radical (unpaired) electrons. The van der Waals surface area contributed by atoms with E-state index in [-0.39, 0.29) is 11.5 Å². The Kier molecular flexibility index (Phi) is 7.85. The number of nitrogens with zero attached hydrogens (tertiary/aromatic N) is 3. The molecule has 2 aliphatic heterocycles. The maximum absolute atomic E-state index is 12.6. The van der Waals surface area contributed by atoms with Crippen LogP contribution in [0, 0.1) is 12.8 Å². The van der Waals surface area contributed by atoms with Crippen LogP contribution in [0.2, 0.25) is 0 Å². The van der Waals surface area contributed by atoms with E-state index in [2.05, 4.69) is 26.9 Å². The van der Waals surface area contributed by atoms with E-state index in [1.807, 2.05) is 26.8 Å². The lowest BCUT2D eigenvalue weighted by atomic mass is 9.85. The number of hydrogen-bond donors (Lipinski definition) is 1. The maximum atomic E-state index is 12.6. The lowest BCUT2D eigenvalue weighted by Gasteiger charge is -2.46. The van der Waals surface area contributed by atoms with Gasteiger partial charge < -0.3 is 10.0 Å². The van der Waals surface area contributed by atoms with E-state index in [9.17, 15) is 18.0 Å². The molecule has 1 atom stereocenters. The molecule has 1 N–H and O–H groups in total. The summed E-state index contributed by atoms with van der Waals surface area (Å²) in [7, 11) is 0. The Morgan fingerprint density at radius 1 is 1.20 bits per heavy atom. The summed E-state index contributed by atoms with van der Waals surface area (Å²) in [5, 5.41) is 7.12. The Bertz CT molecular complexity index is 755. The molecule has 0 aliphatic carbocycles. The van der Waals surface area contributed by atoms with E-state index >= 15 is 0 Å². The molecule has 9 heteroatoms. The number of halogens is 3. The smallest absolute Gasteiger partial charge is 0.475 e. The molecular weight excluding hydrogens is 399 g/mol. The second kappa shape index (κ2) is 9.76. The standard InChI is InChI=1S/C19H29N3O.C2HF3O2/c1-15(2)18(23)22-12-6-10-19(22)9-5-11-21(14-19)13-17-8-4-7-16(3)20-17;3-2(4,5)1(6)7/h4,7-8,15H,5-6,9-14H2,1-3H3;(H,6,7). The minimum Gasteiger partial charge on any atom is -0.475 e. The number of amides is 1. The van der Waals surface area contributed by atoms with Gasteiger partial charge in [-0.05, 0) is 51.3 Å². The van der Waals surface area contributed by atoms with Crippen LogP contribution >= 0.6 is 0 Å². The number of piperidine rings is 1. The van der Waals surface area contributed by atoms with Crippen molar-refractivity contribution in [2.75, 3.05) is 19.6 Å². The SMILES string of the molecule is Cc1cccc(CN2CCCC3(CCCN3C(=O)C(C)C)C2)n1.O=C(O)C(F)(F)F. The van der Waals surface area contributed by atoms with Crippen molar-refractivity contribution < 1.29 is 27.9 Å². The molecule has 0 aromatic carbocycles. The van der Waals surface area contributed by atoms with E-state index < -0.39 is 12.1 Å². The summed E-state index contributed by atoms with van der Waals surface area (Å²) in [5.74, 6) is -2.33. The highest BCUT2D eigenvalue weighted by atomic mass is 19.4. The van der Waals surface area contributed by atoms with Crippen LogP contribution in [-0.2, 0) is 16.1 Å². The number of aliphatic carboxylic acids is 1. The number of likely N-dealkylation sites (tertiary alicyclic amines) is 2. The molecular formula is C21H30F3N3O3. The van der Waals surface area contributed by atoms with Gasteiger partial charge in [-0.15, -0.1) is 0 Å². The summed E-state index contributed by atoms with van der Waals surface area (Å²) in [4.78, 5) is 30.9. The van der Waals surface area contributed by atoms with Gasteiger partial charge in [0.05, 0.1) is 11.2 Å². The number of carboxylic acids is 1. The van der Waals surface area contributed by atoms with E-state index in [1.165, 1.54) is 6.42 Å². The monoisotopic (exact) mass is 429 g/mol. The van der Waals surface area contributed by atoms with Crippen LogP contribution < -0.4 is 0 Å². The Balaban J connectivity index is 0.000000396. The van der Waals surface area contributed by atoms with Crippen molar-refractivity contribution in [3.05, 3.63) is 29.6 Å². The molecule has 2 aliphatic rings. The lowest BCUT2D eigenvalue weighted by molar-refractivity contribution is -0.192. The Morgan fingerprint density at radius 2 is 1.80 bits per heavy atom. The van der Waals surface area contributed by atoms with Crippen LogP contribution in [0.1, 0.15) is 50.9 Å². The van der Waals surface area contributed by atoms with Gasteiger partial charge in [0.15, 0.2) is 0 Å². The molecule has 3 heterocycles. The molecule has 3 rings (SSSR count). The van der Waals surface area contributed by atoms with Crippen molar-refractivity contribution in [3.8, 4) is 0 Å². The zero-order chi connectivity index (χ0) is 22.5. The van der Waals surface area contributed by atoms with Crippen molar-refractivity contribution in [1.82, 2.24) is 14.8 Å². The average molecular weight is 429 g/mol. The van der Waals surface area contributed by atoms with Crippen LogP contribution in [0.4, 0.5) is 13.2 Å². The van der Waals surface area contributed by atoms with Gasteiger partial charge in [0.1, 0.15) is 0 Å². The number of carbonyl (C=O) groups excluding carboxylic acids is 1. The minimum absolute atomic E-state index is 0.0728. The molecule has 30 heavy (non-hydrogen) atoms. The first kappa shape index (κ1) is 24.1. The highest BCUT2D eigenvalue weighted by Crippen LogP contribution is 2.38. The second-order valence-electron chi connectivity index (χ2n) is 8.36. The van der Waals surface area contributed by atoms with Gasteiger partial charge >= 0.3 is 12.1 Å². The normalized spacial score (nSPS) is 22.2. The van der Waals surface area contributed by atoms with Gasteiger partial charge in [0.2, 0.25) is 5.91 Å². The molecule has 1 spiro atoms. The number of carbonyl (C=O) groups is 2. The van der Waals surface area contributed by atoms with Crippen LogP contribution in [0.3, 0.4) is 0 Å². The number of rotatable bonds is 3. The van der Waals surface area contributed by atoms with Gasteiger partial charge in [0.25, 0.3) is 0 Å². The zero-order valence-electron chi connectivity index (χ0n) is 17.7. The predicted octanol–water partition coefficient (Wildman–Crippen LogP) is 3.64. The van der Waals surface area contributed by atoms with Gasteiger partial charge in [-0.3, -0.25) is 14.7 Å². The largest absolute Gasteiger partial charge is 0.490 e. The summed E-state index contributed by atoms with van der Waals surface area (Å²) in [5.41, 5.74) is 2.29. The molecule has 1 amide bonds. The van der Waals surface area contributed by atoms with Gasteiger partial charge in [-0.1, -0.05) is 19.9 Å². The molecule has 6 nitrogen and oxygen atoms in total. The number of alkyl halides is 3. The van der Waals surface area contributed by atoms with Gasteiger partial charge in [-0.2, -0.15) is 13.2 Å². The lowest BCUT2D eigenvalue weighted by Crippen LogP contribution is -2.57. The van der Waals surface area contributed by atoms with Crippen LogP contribution in [-0.4, -0.2) is 63.1 Å². The third-order valence-electron chi connectivity index (χ3n) is 5.56. The molecule has 1 aromatic rings. The number of aromatic nitrogens is 1. The molecule has 2 saturated heterocycles. The van der Waals surface area contributed by atoms with Crippen molar-refractivity contribution in [3.63, 3.8) is 0 Å². The first-order valence-electron chi connectivity index (χ1n) is 10.2. The third-order valence-corrected chi connectivity index (χ3v) is 5.56. The first-order chi connectivity index (χ1) is 13.9. The van der Waals surface area contributed by atoms with Gasteiger partial charge in [-0.25, -0.2) is 4.79 Å². The minimum atomic E-state index is -5.08. The summed E-state index contributed by atoms with van der Waals surface area (Å²) >= 11 is 0. The summed E-state index contributed by atoms with van der Waals surface area (Å²) < 4.78 is 31.7. The Morgan fingerprint density at radius 3 is 2.33 bits per heavy atom. The molecule has 1 aromatic heterocycles. The summed E-state index contributed by atoms with van der Waals surface area (Å²) in [6.07, 6.45) is -0.449. The average Bonchev–Trinajstić information content (AvgIpc) is 3.03. The van der Waals surface area contributed by atoms with Crippen LogP contribution in [0.5, 0.6) is 0 Å².